The van der Waals surface area contributed by atoms with E-state index in [9.17, 15) is 4.79 Å². The van der Waals surface area contributed by atoms with E-state index in [4.69, 9.17) is 9.84 Å². The summed E-state index contributed by atoms with van der Waals surface area (Å²) in [6.07, 6.45) is 1.55. The quantitative estimate of drug-likeness (QED) is 0.897. The van der Waals surface area contributed by atoms with Crippen LogP contribution in [0.15, 0.2) is 42.6 Å². The minimum absolute atomic E-state index is 0.0460. The first-order chi connectivity index (χ1) is 8.70. The van der Waals surface area contributed by atoms with E-state index in [1.54, 1.807) is 12.3 Å². The topological polar surface area (TPSA) is 59.4 Å². The maximum Gasteiger partial charge on any atom is 0.354 e. The zero-order chi connectivity index (χ0) is 13.0. The summed E-state index contributed by atoms with van der Waals surface area (Å²) in [5.41, 5.74) is 1.90. The van der Waals surface area contributed by atoms with E-state index < -0.39 is 5.97 Å². The van der Waals surface area contributed by atoms with E-state index in [-0.39, 0.29) is 5.69 Å². The highest BCUT2D eigenvalue weighted by Crippen LogP contribution is 2.21. The molecule has 1 aromatic heterocycles. The Balaban J connectivity index is 2.23. The van der Waals surface area contributed by atoms with E-state index in [0.717, 1.165) is 16.9 Å². The molecule has 0 radical (unpaired) electrons. The Kier molecular flexibility index (Phi) is 3.57. The Morgan fingerprint density at radius 3 is 2.33 bits per heavy atom. The van der Waals surface area contributed by atoms with Gasteiger partial charge in [0.15, 0.2) is 0 Å². The maximum absolute atomic E-state index is 10.7. The van der Waals surface area contributed by atoms with Gasteiger partial charge in [-0.05, 0) is 30.7 Å². The number of aromatic nitrogens is 1. The van der Waals surface area contributed by atoms with Crippen LogP contribution in [-0.2, 0) is 0 Å². The molecule has 1 heterocycles. The number of nitrogens with zero attached hydrogens (tertiary/aromatic N) is 1. The molecule has 2 rings (SSSR count). The standard InChI is InChI=1S/C14H13NO3/c1-2-18-12-6-3-10(4-7-12)11-5-8-13(14(16)17)15-9-11/h3-9H,2H2,1H3,(H,16,17). The number of aromatic carboxylic acids is 1. The largest absolute Gasteiger partial charge is 0.494 e. The number of carboxylic acids is 1. The Bertz CT molecular complexity index is 532. The van der Waals surface area contributed by atoms with Crippen LogP contribution in [0.3, 0.4) is 0 Å². The molecule has 4 heteroatoms. The van der Waals surface area contributed by atoms with Crippen molar-refractivity contribution in [3.8, 4) is 16.9 Å². The van der Waals surface area contributed by atoms with Crippen LogP contribution in [0.4, 0.5) is 0 Å². The molecule has 0 aliphatic carbocycles. The molecule has 1 aromatic carbocycles. The van der Waals surface area contributed by atoms with Gasteiger partial charge < -0.3 is 9.84 Å². The van der Waals surface area contributed by atoms with Crippen LogP contribution in [0.5, 0.6) is 5.75 Å². The SMILES string of the molecule is CCOc1ccc(-c2ccc(C(=O)O)nc2)cc1. The fraction of sp³-hybridized carbons (Fsp3) is 0.143. The van der Waals surface area contributed by atoms with Crippen molar-refractivity contribution in [3.63, 3.8) is 0 Å². The minimum atomic E-state index is -1.02. The first-order valence-electron chi connectivity index (χ1n) is 5.63. The molecular weight excluding hydrogens is 230 g/mol. The van der Waals surface area contributed by atoms with Gasteiger partial charge in [-0.1, -0.05) is 18.2 Å². The lowest BCUT2D eigenvalue weighted by molar-refractivity contribution is 0.0690. The van der Waals surface area contributed by atoms with Crippen molar-refractivity contribution < 1.29 is 14.6 Å². The molecule has 0 atom stereocenters. The number of hydrogen-bond acceptors (Lipinski definition) is 3. The van der Waals surface area contributed by atoms with Gasteiger partial charge in [0.25, 0.3) is 0 Å². The first-order valence-corrected chi connectivity index (χ1v) is 5.63. The first kappa shape index (κ1) is 12.1. The van der Waals surface area contributed by atoms with Crippen molar-refractivity contribution in [2.45, 2.75) is 6.92 Å². The van der Waals surface area contributed by atoms with Crippen LogP contribution in [0.25, 0.3) is 11.1 Å². The molecule has 0 unspecified atom stereocenters. The highest BCUT2D eigenvalue weighted by molar-refractivity contribution is 5.85. The number of carbonyl (C=O) groups is 1. The lowest BCUT2D eigenvalue weighted by Crippen LogP contribution is -1.99. The van der Waals surface area contributed by atoms with Crippen molar-refractivity contribution in [1.29, 1.82) is 0 Å². The lowest BCUT2D eigenvalue weighted by Gasteiger charge is -2.05. The van der Waals surface area contributed by atoms with Gasteiger partial charge in [-0.25, -0.2) is 9.78 Å². The number of ether oxygens (including phenoxy) is 1. The van der Waals surface area contributed by atoms with E-state index in [1.807, 2.05) is 31.2 Å². The third-order valence-electron chi connectivity index (χ3n) is 2.48. The van der Waals surface area contributed by atoms with E-state index in [0.29, 0.717) is 6.61 Å². The fourth-order valence-corrected chi connectivity index (χ4v) is 1.60. The minimum Gasteiger partial charge on any atom is -0.494 e. The summed E-state index contributed by atoms with van der Waals surface area (Å²) in [5, 5.41) is 8.76. The van der Waals surface area contributed by atoms with Crippen LogP contribution in [0, 0.1) is 0 Å². The Hall–Kier alpha value is -2.36. The predicted octanol–water partition coefficient (Wildman–Crippen LogP) is 2.85. The molecule has 0 bridgehead atoms. The molecule has 0 fully saturated rings. The Morgan fingerprint density at radius 1 is 1.17 bits per heavy atom. The average Bonchev–Trinajstić information content (AvgIpc) is 2.40. The predicted molar refractivity (Wildman–Crippen MR) is 67.8 cm³/mol. The Morgan fingerprint density at radius 2 is 1.83 bits per heavy atom. The van der Waals surface area contributed by atoms with Gasteiger partial charge in [0.1, 0.15) is 11.4 Å². The highest BCUT2D eigenvalue weighted by atomic mass is 16.5. The second kappa shape index (κ2) is 5.31. The van der Waals surface area contributed by atoms with Crippen molar-refractivity contribution in [3.05, 3.63) is 48.3 Å². The highest BCUT2D eigenvalue weighted by Gasteiger charge is 2.04. The zero-order valence-corrected chi connectivity index (χ0v) is 9.96. The van der Waals surface area contributed by atoms with Crippen molar-refractivity contribution in [2.24, 2.45) is 0 Å². The molecule has 0 spiro atoms. The maximum atomic E-state index is 10.7. The van der Waals surface area contributed by atoms with Gasteiger partial charge >= 0.3 is 5.97 Å². The van der Waals surface area contributed by atoms with Crippen LogP contribution in [0.2, 0.25) is 0 Å². The number of hydrogen-bond donors (Lipinski definition) is 1. The molecule has 4 nitrogen and oxygen atoms in total. The summed E-state index contributed by atoms with van der Waals surface area (Å²) in [7, 11) is 0. The molecule has 0 saturated heterocycles. The van der Waals surface area contributed by atoms with Gasteiger partial charge in [-0.15, -0.1) is 0 Å². The lowest BCUT2D eigenvalue weighted by atomic mass is 10.1. The second-order valence-electron chi connectivity index (χ2n) is 3.69. The summed E-state index contributed by atoms with van der Waals surface area (Å²) in [6, 6.07) is 10.8. The summed E-state index contributed by atoms with van der Waals surface area (Å²) in [5.74, 6) is -0.204. The molecule has 0 amide bonds. The van der Waals surface area contributed by atoms with Crippen LogP contribution in [0.1, 0.15) is 17.4 Å². The Labute approximate surface area is 105 Å². The smallest absolute Gasteiger partial charge is 0.354 e. The number of carboxylic acid groups (broad SMARTS) is 1. The normalized spacial score (nSPS) is 10.1. The van der Waals surface area contributed by atoms with Gasteiger partial charge in [-0.2, -0.15) is 0 Å². The van der Waals surface area contributed by atoms with E-state index in [1.165, 1.54) is 6.07 Å². The molecule has 92 valence electrons. The second-order valence-corrected chi connectivity index (χ2v) is 3.69. The average molecular weight is 243 g/mol. The number of pyridine rings is 1. The summed E-state index contributed by atoms with van der Waals surface area (Å²) in [6.45, 7) is 2.57. The van der Waals surface area contributed by atoms with Crippen LogP contribution >= 0.6 is 0 Å². The molecule has 0 aliphatic heterocycles. The zero-order valence-electron chi connectivity index (χ0n) is 9.96. The molecule has 0 aliphatic rings. The summed E-state index contributed by atoms with van der Waals surface area (Å²) < 4.78 is 5.35. The van der Waals surface area contributed by atoms with Gasteiger partial charge in [0.2, 0.25) is 0 Å². The molecule has 0 saturated carbocycles. The van der Waals surface area contributed by atoms with Crippen molar-refractivity contribution in [1.82, 2.24) is 4.98 Å². The van der Waals surface area contributed by atoms with Crippen LogP contribution in [-0.4, -0.2) is 22.7 Å². The monoisotopic (exact) mass is 243 g/mol. The van der Waals surface area contributed by atoms with Crippen LogP contribution < -0.4 is 4.74 Å². The number of benzene rings is 1. The van der Waals surface area contributed by atoms with Gasteiger partial charge in [0, 0.05) is 11.8 Å². The molecule has 2 aromatic rings. The molecule has 18 heavy (non-hydrogen) atoms. The van der Waals surface area contributed by atoms with Gasteiger partial charge in [0.05, 0.1) is 6.61 Å². The molecule has 1 N–H and O–H groups in total. The summed E-state index contributed by atoms with van der Waals surface area (Å²) >= 11 is 0. The summed E-state index contributed by atoms with van der Waals surface area (Å²) in [4.78, 5) is 14.6. The van der Waals surface area contributed by atoms with E-state index >= 15 is 0 Å². The van der Waals surface area contributed by atoms with Crippen molar-refractivity contribution in [2.75, 3.05) is 6.61 Å². The third kappa shape index (κ3) is 2.66. The van der Waals surface area contributed by atoms with E-state index in [2.05, 4.69) is 4.98 Å². The van der Waals surface area contributed by atoms with Crippen molar-refractivity contribution >= 4 is 5.97 Å². The number of rotatable bonds is 4. The molecular formula is C14H13NO3. The fourth-order valence-electron chi connectivity index (χ4n) is 1.60. The van der Waals surface area contributed by atoms with Gasteiger partial charge in [-0.3, -0.25) is 0 Å². The third-order valence-corrected chi connectivity index (χ3v) is 2.48.